The van der Waals surface area contributed by atoms with Crippen molar-refractivity contribution in [2.75, 3.05) is 19.0 Å². The van der Waals surface area contributed by atoms with Gasteiger partial charge in [-0.2, -0.15) is 0 Å². The number of nitrogens with one attached hydrogen (secondary N) is 1. The maximum atomic E-state index is 12.3. The van der Waals surface area contributed by atoms with Crippen molar-refractivity contribution in [2.45, 2.75) is 0 Å². The molecule has 3 rings (SSSR count). The summed E-state index contributed by atoms with van der Waals surface area (Å²) in [7, 11) is 1.29. The van der Waals surface area contributed by atoms with Crippen LogP contribution in [-0.4, -0.2) is 30.6 Å². The highest BCUT2D eigenvalue weighted by Gasteiger charge is 2.19. The third kappa shape index (κ3) is 3.43. The maximum Gasteiger partial charge on any atom is 0.349 e. The smallest absolute Gasteiger partial charge is 0.349 e. The highest BCUT2D eigenvalue weighted by molar-refractivity contribution is 9.10. The fourth-order valence-electron chi connectivity index (χ4n) is 1.98. The van der Waals surface area contributed by atoms with Crippen LogP contribution in [0.2, 0.25) is 0 Å². The topological polar surface area (TPSA) is 77.5 Å². The molecule has 2 aromatic rings. The van der Waals surface area contributed by atoms with E-state index in [0.29, 0.717) is 15.6 Å². The fraction of sp³-hybridized carbons (Fsp3) is 0.133. The molecule has 0 bridgehead atoms. The first-order valence-electron chi connectivity index (χ1n) is 6.55. The Bertz CT molecular complexity index is 816. The van der Waals surface area contributed by atoms with E-state index in [4.69, 9.17) is 4.74 Å². The van der Waals surface area contributed by atoms with Crippen LogP contribution < -0.4 is 10.1 Å². The van der Waals surface area contributed by atoms with Crippen molar-refractivity contribution in [1.82, 2.24) is 4.98 Å². The van der Waals surface area contributed by atoms with E-state index in [0.717, 1.165) is 27.1 Å². The van der Waals surface area contributed by atoms with Gasteiger partial charge in [-0.3, -0.25) is 10.1 Å². The molecule has 0 unspecified atom stereocenters. The number of aromatic nitrogens is 1. The standard InChI is InChI=1S/C15H11BrN2O4S/c1-21-14(20)12-6-17-15(23-12)18-13(19)9-4-8-5-10(16)2-3-11(8)22-7-9/h2-6H,7H2,1H3,(H,17,18,19). The summed E-state index contributed by atoms with van der Waals surface area (Å²) < 4.78 is 11.1. The van der Waals surface area contributed by atoms with Gasteiger partial charge in [-0.25, -0.2) is 9.78 Å². The second-order valence-electron chi connectivity index (χ2n) is 4.62. The Morgan fingerprint density at radius 1 is 1.43 bits per heavy atom. The molecule has 1 aromatic heterocycles. The second-order valence-corrected chi connectivity index (χ2v) is 6.56. The quantitative estimate of drug-likeness (QED) is 0.809. The van der Waals surface area contributed by atoms with Gasteiger partial charge >= 0.3 is 5.97 Å². The molecule has 118 valence electrons. The van der Waals surface area contributed by atoms with E-state index in [1.165, 1.54) is 13.3 Å². The number of hydrogen-bond donors (Lipinski definition) is 1. The third-order valence-electron chi connectivity index (χ3n) is 3.09. The molecule has 0 saturated heterocycles. The Labute approximate surface area is 144 Å². The van der Waals surface area contributed by atoms with Crippen molar-refractivity contribution >= 4 is 50.4 Å². The van der Waals surface area contributed by atoms with Gasteiger partial charge in [0.1, 0.15) is 17.2 Å². The molecule has 0 atom stereocenters. The van der Waals surface area contributed by atoms with E-state index in [1.807, 2.05) is 18.2 Å². The van der Waals surface area contributed by atoms with Crippen molar-refractivity contribution < 1.29 is 19.1 Å². The number of nitrogens with zero attached hydrogens (tertiary/aromatic N) is 1. The molecule has 1 aromatic carbocycles. The molecule has 6 nitrogen and oxygen atoms in total. The van der Waals surface area contributed by atoms with E-state index in [-0.39, 0.29) is 12.5 Å². The number of amides is 1. The molecule has 23 heavy (non-hydrogen) atoms. The van der Waals surface area contributed by atoms with Gasteiger partial charge in [0.15, 0.2) is 5.13 Å². The van der Waals surface area contributed by atoms with E-state index >= 15 is 0 Å². The number of methoxy groups -OCH3 is 1. The summed E-state index contributed by atoms with van der Waals surface area (Å²) in [6, 6.07) is 5.59. The van der Waals surface area contributed by atoms with Gasteiger partial charge in [-0.1, -0.05) is 27.3 Å². The molecule has 1 aliphatic rings. The van der Waals surface area contributed by atoms with E-state index < -0.39 is 5.97 Å². The molecular weight excluding hydrogens is 384 g/mol. The van der Waals surface area contributed by atoms with Crippen molar-refractivity contribution in [2.24, 2.45) is 0 Å². The summed E-state index contributed by atoms with van der Waals surface area (Å²) in [5.41, 5.74) is 1.30. The van der Waals surface area contributed by atoms with Crippen molar-refractivity contribution in [3.63, 3.8) is 0 Å². The minimum atomic E-state index is -0.484. The summed E-state index contributed by atoms with van der Waals surface area (Å²) in [4.78, 5) is 28.0. The molecule has 8 heteroatoms. The third-order valence-corrected chi connectivity index (χ3v) is 4.48. The highest BCUT2D eigenvalue weighted by atomic mass is 79.9. The van der Waals surface area contributed by atoms with Crippen LogP contribution in [0.3, 0.4) is 0 Å². The molecule has 1 aliphatic heterocycles. The van der Waals surface area contributed by atoms with E-state index in [2.05, 4.69) is 31.0 Å². The lowest BCUT2D eigenvalue weighted by molar-refractivity contribution is -0.113. The van der Waals surface area contributed by atoms with E-state index in [1.54, 1.807) is 6.08 Å². The number of ether oxygens (including phenoxy) is 2. The van der Waals surface area contributed by atoms with Gasteiger partial charge in [-0.05, 0) is 24.3 Å². The van der Waals surface area contributed by atoms with Crippen LogP contribution >= 0.6 is 27.3 Å². The van der Waals surface area contributed by atoms with E-state index in [9.17, 15) is 9.59 Å². The molecule has 1 amide bonds. The number of anilines is 1. The first-order chi connectivity index (χ1) is 11.1. The Kier molecular flexibility index (Phi) is 4.44. The minimum absolute atomic E-state index is 0.176. The second kappa shape index (κ2) is 6.51. The average molecular weight is 395 g/mol. The Balaban J connectivity index is 1.76. The van der Waals surface area contributed by atoms with Crippen molar-refractivity contribution in [1.29, 1.82) is 0 Å². The van der Waals surface area contributed by atoms with Gasteiger partial charge in [-0.15, -0.1) is 0 Å². The monoisotopic (exact) mass is 394 g/mol. The normalized spacial score (nSPS) is 12.7. The largest absolute Gasteiger partial charge is 0.488 e. The number of benzene rings is 1. The zero-order valence-electron chi connectivity index (χ0n) is 12.0. The summed E-state index contributed by atoms with van der Waals surface area (Å²) in [6.45, 7) is 0.176. The van der Waals surface area contributed by atoms with Crippen molar-refractivity contribution in [3.8, 4) is 5.75 Å². The van der Waals surface area contributed by atoms with Crippen LogP contribution in [0.15, 0.2) is 34.4 Å². The van der Waals surface area contributed by atoms with Gasteiger partial charge in [0.25, 0.3) is 5.91 Å². The lowest BCUT2D eigenvalue weighted by Gasteiger charge is -2.17. The summed E-state index contributed by atoms with van der Waals surface area (Å²) in [5.74, 6) is -0.0737. The highest BCUT2D eigenvalue weighted by Crippen LogP contribution is 2.29. The Hall–Kier alpha value is -2.19. The van der Waals surface area contributed by atoms with Crippen LogP contribution in [0.1, 0.15) is 15.2 Å². The molecule has 0 radical (unpaired) electrons. The van der Waals surface area contributed by atoms with Crippen molar-refractivity contribution in [3.05, 3.63) is 44.9 Å². The summed E-state index contributed by atoms with van der Waals surface area (Å²) in [6.07, 6.45) is 3.14. The molecule has 0 saturated carbocycles. The molecule has 1 N–H and O–H groups in total. The SMILES string of the molecule is COC(=O)c1cnc(NC(=O)C2=Cc3cc(Br)ccc3OC2)s1. The maximum absolute atomic E-state index is 12.3. The fourth-order valence-corrected chi connectivity index (χ4v) is 3.09. The molecule has 0 spiro atoms. The Morgan fingerprint density at radius 3 is 3.04 bits per heavy atom. The number of hydrogen-bond acceptors (Lipinski definition) is 6. The molecule has 0 fully saturated rings. The number of fused-ring (bicyclic) bond motifs is 1. The summed E-state index contributed by atoms with van der Waals surface area (Å²) >= 11 is 4.44. The number of thiazole rings is 1. The van der Waals surface area contributed by atoms with Crippen LogP contribution in [-0.2, 0) is 9.53 Å². The minimum Gasteiger partial charge on any atom is -0.488 e. The van der Waals surface area contributed by atoms with Crippen LogP contribution in [0.25, 0.3) is 6.08 Å². The molecule has 0 aliphatic carbocycles. The predicted octanol–water partition coefficient (Wildman–Crippen LogP) is 3.11. The number of carbonyl (C=O) groups excluding carboxylic acids is 2. The van der Waals surface area contributed by atoms with Gasteiger partial charge < -0.3 is 9.47 Å². The van der Waals surface area contributed by atoms with Crippen LogP contribution in [0.5, 0.6) is 5.75 Å². The van der Waals surface area contributed by atoms with Crippen LogP contribution in [0.4, 0.5) is 5.13 Å². The lowest BCUT2D eigenvalue weighted by Crippen LogP contribution is -2.21. The average Bonchev–Trinajstić information content (AvgIpc) is 3.01. The number of rotatable bonds is 3. The summed E-state index contributed by atoms with van der Waals surface area (Å²) in [5, 5.41) is 2.99. The molecule has 2 heterocycles. The lowest BCUT2D eigenvalue weighted by atomic mass is 10.1. The number of halogens is 1. The van der Waals surface area contributed by atoms with Gasteiger partial charge in [0.2, 0.25) is 0 Å². The number of carbonyl (C=O) groups is 2. The van der Waals surface area contributed by atoms with Gasteiger partial charge in [0.05, 0.1) is 18.9 Å². The van der Waals surface area contributed by atoms with Gasteiger partial charge in [0, 0.05) is 10.0 Å². The predicted molar refractivity (Wildman–Crippen MR) is 89.7 cm³/mol. The number of esters is 1. The first kappa shape index (κ1) is 15.7. The zero-order chi connectivity index (χ0) is 16.4. The van der Waals surface area contributed by atoms with Crippen LogP contribution in [0, 0.1) is 0 Å². The Morgan fingerprint density at radius 2 is 2.26 bits per heavy atom. The molecular formula is C15H11BrN2O4S. The first-order valence-corrected chi connectivity index (χ1v) is 8.16. The zero-order valence-corrected chi connectivity index (χ0v) is 14.4.